The smallest absolute Gasteiger partial charge is 0.145 e. The molecule has 0 aliphatic heterocycles. The Balaban J connectivity index is 0.00000196. The number of hydrogen-bond acceptors (Lipinski definition) is 2. The SMILES string of the molecule is C[C@H](O)[C@H](N)c1c(F)ccc(Br)c1F.Cl. The Hall–Kier alpha value is -0.230. The van der Waals surface area contributed by atoms with Gasteiger partial charge < -0.3 is 10.8 Å². The van der Waals surface area contributed by atoms with E-state index in [1.54, 1.807) is 0 Å². The fraction of sp³-hybridized carbons (Fsp3) is 0.333. The van der Waals surface area contributed by atoms with Gasteiger partial charge in [-0.05, 0) is 35.0 Å². The van der Waals surface area contributed by atoms with Crippen molar-refractivity contribution >= 4 is 28.3 Å². The summed E-state index contributed by atoms with van der Waals surface area (Å²) in [5, 5.41) is 9.14. The molecule has 0 saturated carbocycles. The van der Waals surface area contributed by atoms with Crippen LogP contribution in [-0.4, -0.2) is 11.2 Å². The minimum Gasteiger partial charge on any atom is -0.391 e. The summed E-state index contributed by atoms with van der Waals surface area (Å²) in [5.74, 6) is -1.52. The predicted octanol–water partition coefficient (Wildman–Crippen LogP) is 2.53. The monoisotopic (exact) mass is 301 g/mol. The molecule has 0 aliphatic rings. The number of rotatable bonds is 2. The number of aliphatic hydroxyl groups excluding tert-OH is 1. The van der Waals surface area contributed by atoms with Crippen LogP contribution >= 0.6 is 28.3 Å². The molecule has 0 spiro atoms. The van der Waals surface area contributed by atoms with Crippen LogP contribution in [0.1, 0.15) is 18.5 Å². The summed E-state index contributed by atoms with van der Waals surface area (Å²) in [5.41, 5.74) is 5.16. The Morgan fingerprint density at radius 3 is 2.40 bits per heavy atom. The van der Waals surface area contributed by atoms with E-state index < -0.39 is 23.8 Å². The van der Waals surface area contributed by atoms with Gasteiger partial charge in [-0.25, -0.2) is 8.78 Å². The number of halogens is 4. The lowest BCUT2D eigenvalue weighted by atomic mass is 10.0. The number of hydrogen-bond donors (Lipinski definition) is 2. The highest BCUT2D eigenvalue weighted by atomic mass is 79.9. The van der Waals surface area contributed by atoms with Crippen molar-refractivity contribution in [2.75, 3.05) is 0 Å². The third kappa shape index (κ3) is 3.11. The average Bonchev–Trinajstić information content (AvgIpc) is 2.12. The van der Waals surface area contributed by atoms with E-state index in [0.717, 1.165) is 6.07 Å². The Morgan fingerprint density at radius 1 is 1.40 bits per heavy atom. The molecule has 86 valence electrons. The normalized spacial score (nSPS) is 14.3. The van der Waals surface area contributed by atoms with Gasteiger partial charge in [0.2, 0.25) is 0 Å². The van der Waals surface area contributed by atoms with Gasteiger partial charge in [0.05, 0.1) is 16.6 Å². The van der Waals surface area contributed by atoms with Gasteiger partial charge in [0.1, 0.15) is 11.6 Å². The molecule has 6 heteroatoms. The Morgan fingerprint density at radius 2 is 1.93 bits per heavy atom. The second-order valence-corrected chi connectivity index (χ2v) is 3.88. The van der Waals surface area contributed by atoms with Crippen LogP contribution in [0.5, 0.6) is 0 Å². The zero-order chi connectivity index (χ0) is 10.9. The third-order valence-electron chi connectivity index (χ3n) is 1.93. The molecular formula is C9H11BrClF2NO. The van der Waals surface area contributed by atoms with Crippen molar-refractivity contribution in [3.63, 3.8) is 0 Å². The van der Waals surface area contributed by atoms with Gasteiger partial charge >= 0.3 is 0 Å². The molecule has 0 radical (unpaired) electrons. The van der Waals surface area contributed by atoms with Crippen LogP contribution < -0.4 is 5.73 Å². The summed E-state index contributed by atoms with van der Waals surface area (Å²) >= 11 is 2.92. The zero-order valence-corrected chi connectivity index (χ0v) is 10.3. The van der Waals surface area contributed by atoms with Crippen LogP contribution in [0.4, 0.5) is 8.78 Å². The van der Waals surface area contributed by atoms with Crippen molar-refractivity contribution in [1.29, 1.82) is 0 Å². The molecule has 3 N–H and O–H groups in total. The first-order valence-electron chi connectivity index (χ1n) is 4.02. The number of nitrogens with two attached hydrogens (primary N) is 1. The van der Waals surface area contributed by atoms with Crippen molar-refractivity contribution < 1.29 is 13.9 Å². The van der Waals surface area contributed by atoms with Crippen LogP contribution in [-0.2, 0) is 0 Å². The molecule has 0 saturated heterocycles. The molecule has 2 nitrogen and oxygen atoms in total. The molecule has 0 heterocycles. The number of aliphatic hydroxyl groups is 1. The van der Waals surface area contributed by atoms with E-state index in [4.69, 9.17) is 10.8 Å². The molecule has 0 aliphatic carbocycles. The minimum absolute atomic E-state index is 0. The molecule has 2 atom stereocenters. The highest BCUT2D eigenvalue weighted by molar-refractivity contribution is 9.10. The van der Waals surface area contributed by atoms with E-state index in [2.05, 4.69) is 15.9 Å². The molecule has 0 fully saturated rings. The first-order chi connectivity index (χ1) is 6.45. The van der Waals surface area contributed by atoms with Crippen molar-refractivity contribution in [2.24, 2.45) is 5.73 Å². The quantitative estimate of drug-likeness (QED) is 0.825. The van der Waals surface area contributed by atoms with E-state index in [1.165, 1.54) is 13.0 Å². The molecule has 0 amide bonds. The molecule has 0 unspecified atom stereocenters. The van der Waals surface area contributed by atoms with E-state index in [1.807, 2.05) is 0 Å². The molecule has 1 aromatic rings. The first-order valence-corrected chi connectivity index (χ1v) is 4.81. The van der Waals surface area contributed by atoms with Crippen molar-refractivity contribution in [3.05, 3.63) is 33.8 Å². The van der Waals surface area contributed by atoms with E-state index in [-0.39, 0.29) is 22.4 Å². The predicted molar refractivity (Wildman–Crippen MR) is 59.9 cm³/mol. The van der Waals surface area contributed by atoms with Crippen LogP contribution in [0.15, 0.2) is 16.6 Å². The lowest BCUT2D eigenvalue weighted by Crippen LogP contribution is -2.25. The summed E-state index contributed by atoms with van der Waals surface area (Å²) in [7, 11) is 0. The maximum Gasteiger partial charge on any atom is 0.145 e. The second-order valence-electron chi connectivity index (χ2n) is 3.02. The molecule has 1 aromatic carbocycles. The zero-order valence-electron chi connectivity index (χ0n) is 7.88. The Bertz CT molecular complexity index is 349. The van der Waals surface area contributed by atoms with Gasteiger partial charge in [0.25, 0.3) is 0 Å². The van der Waals surface area contributed by atoms with Gasteiger partial charge in [-0.1, -0.05) is 0 Å². The fourth-order valence-corrected chi connectivity index (χ4v) is 1.44. The molecule has 15 heavy (non-hydrogen) atoms. The first kappa shape index (κ1) is 14.8. The largest absolute Gasteiger partial charge is 0.391 e. The Labute approximate surface area is 101 Å². The van der Waals surface area contributed by atoms with Crippen molar-refractivity contribution in [3.8, 4) is 0 Å². The maximum atomic E-state index is 13.4. The fourth-order valence-electron chi connectivity index (χ4n) is 1.09. The van der Waals surface area contributed by atoms with Crippen molar-refractivity contribution in [1.82, 2.24) is 0 Å². The minimum atomic E-state index is -1.06. The number of benzene rings is 1. The highest BCUT2D eigenvalue weighted by Crippen LogP contribution is 2.26. The topological polar surface area (TPSA) is 46.2 Å². The highest BCUT2D eigenvalue weighted by Gasteiger charge is 2.22. The third-order valence-corrected chi connectivity index (χ3v) is 2.54. The molecule has 0 bridgehead atoms. The summed E-state index contributed by atoms with van der Waals surface area (Å²) in [4.78, 5) is 0. The summed E-state index contributed by atoms with van der Waals surface area (Å²) in [6.45, 7) is 1.38. The summed E-state index contributed by atoms with van der Waals surface area (Å²) in [6.07, 6.45) is -1.01. The van der Waals surface area contributed by atoms with Gasteiger partial charge in [0, 0.05) is 5.56 Å². The van der Waals surface area contributed by atoms with Crippen LogP contribution in [0, 0.1) is 11.6 Å². The van der Waals surface area contributed by atoms with Gasteiger partial charge in [-0.15, -0.1) is 12.4 Å². The van der Waals surface area contributed by atoms with Gasteiger partial charge in [-0.2, -0.15) is 0 Å². The van der Waals surface area contributed by atoms with Crippen molar-refractivity contribution in [2.45, 2.75) is 19.1 Å². The standard InChI is InChI=1S/C9H10BrF2NO.ClH/c1-4(14)9(13)7-6(11)3-2-5(10)8(7)12;/h2-4,9,14H,13H2,1H3;1H/t4-,9-;/m0./s1. The lowest BCUT2D eigenvalue weighted by Gasteiger charge is -2.17. The van der Waals surface area contributed by atoms with Crippen LogP contribution in [0.2, 0.25) is 0 Å². The molecule has 1 rings (SSSR count). The average molecular weight is 303 g/mol. The molecule has 0 aromatic heterocycles. The van der Waals surface area contributed by atoms with Gasteiger partial charge in [0.15, 0.2) is 0 Å². The van der Waals surface area contributed by atoms with Crippen LogP contribution in [0.3, 0.4) is 0 Å². The summed E-state index contributed by atoms with van der Waals surface area (Å²) in [6, 6.07) is 1.29. The van der Waals surface area contributed by atoms with Crippen LogP contribution in [0.25, 0.3) is 0 Å². The summed E-state index contributed by atoms with van der Waals surface area (Å²) < 4.78 is 26.7. The Kier molecular flexibility index (Phi) is 5.66. The second kappa shape index (κ2) is 5.75. The lowest BCUT2D eigenvalue weighted by molar-refractivity contribution is 0.160. The van der Waals surface area contributed by atoms with Gasteiger partial charge in [-0.3, -0.25) is 0 Å². The molecular weight excluding hydrogens is 291 g/mol. The van der Waals surface area contributed by atoms with E-state index in [9.17, 15) is 8.78 Å². The van der Waals surface area contributed by atoms with E-state index in [0.29, 0.717) is 0 Å². The van der Waals surface area contributed by atoms with E-state index >= 15 is 0 Å². The maximum absolute atomic E-state index is 13.4.